The summed E-state index contributed by atoms with van der Waals surface area (Å²) in [5.74, 6) is -0.194. The van der Waals surface area contributed by atoms with Gasteiger partial charge in [0.05, 0.1) is 12.5 Å². The predicted octanol–water partition coefficient (Wildman–Crippen LogP) is 3.21. The SMILES string of the molecule is NC(=O)NC(CC(=O)Nc1ccc(N2CCCC2=O)cc1)c1ccccc1Cl. The number of nitrogens with zero attached hydrogens (tertiary/aromatic N) is 1. The molecule has 7 nitrogen and oxygen atoms in total. The van der Waals surface area contributed by atoms with Gasteiger partial charge in [-0.05, 0) is 42.3 Å². The van der Waals surface area contributed by atoms with Crippen LogP contribution in [0, 0.1) is 0 Å². The van der Waals surface area contributed by atoms with Crippen LogP contribution in [0.5, 0.6) is 0 Å². The number of carbonyl (C=O) groups excluding carboxylic acids is 3. The average Bonchev–Trinajstić information content (AvgIpc) is 3.08. The number of nitrogens with two attached hydrogens (primary N) is 1. The zero-order valence-electron chi connectivity index (χ0n) is 15.2. The van der Waals surface area contributed by atoms with E-state index in [1.54, 1.807) is 53.4 Å². The Balaban J connectivity index is 1.66. The summed E-state index contributed by atoms with van der Waals surface area (Å²) < 4.78 is 0. The highest BCUT2D eigenvalue weighted by Crippen LogP contribution is 2.26. The molecule has 1 saturated heterocycles. The molecule has 8 heteroatoms. The Morgan fingerprint density at radius 3 is 2.46 bits per heavy atom. The standard InChI is InChI=1S/C20H21ClN4O3/c21-16-5-2-1-4-15(16)17(24-20(22)28)12-18(26)23-13-7-9-14(10-8-13)25-11-3-6-19(25)27/h1-2,4-5,7-10,17H,3,6,11-12H2,(H,23,26)(H3,22,24,28). The van der Waals surface area contributed by atoms with Gasteiger partial charge in [0.1, 0.15) is 0 Å². The number of hydrogen-bond donors (Lipinski definition) is 3. The highest BCUT2D eigenvalue weighted by atomic mass is 35.5. The fourth-order valence-corrected chi connectivity index (χ4v) is 3.48. The fraction of sp³-hybridized carbons (Fsp3) is 0.250. The Labute approximate surface area is 167 Å². The third kappa shape index (κ3) is 4.80. The van der Waals surface area contributed by atoms with E-state index in [9.17, 15) is 14.4 Å². The van der Waals surface area contributed by atoms with Crippen LogP contribution in [0.2, 0.25) is 5.02 Å². The van der Waals surface area contributed by atoms with Crippen LogP contribution in [0.15, 0.2) is 48.5 Å². The average molecular weight is 401 g/mol. The van der Waals surface area contributed by atoms with Gasteiger partial charge in [0.25, 0.3) is 0 Å². The minimum atomic E-state index is -0.739. The summed E-state index contributed by atoms with van der Waals surface area (Å²) in [6.07, 6.45) is 1.39. The van der Waals surface area contributed by atoms with Gasteiger partial charge in [0.2, 0.25) is 11.8 Å². The monoisotopic (exact) mass is 400 g/mol. The van der Waals surface area contributed by atoms with Crippen LogP contribution in [0.3, 0.4) is 0 Å². The lowest BCUT2D eigenvalue weighted by Crippen LogP contribution is -2.35. The van der Waals surface area contributed by atoms with Crippen LogP contribution in [0.25, 0.3) is 0 Å². The van der Waals surface area contributed by atoms with Crippen molar-refractivity contribution in [1.29, 1.82) is 0 Å². The van der Waals surface area contributed by atoms with E-state index in [0.717, 1.165) is 12.1 Å². The van der Waals surface area contributed by atoms with Crippen LogP contribution in [0.4, 0.5) is 16.2 Å². The lowest BCUT2D eigenvalue weighted by atomic mass is 10.0. The van der Waals surface area contributed by atoms with Gasteiger partial charge in [-0.1, -0.05) is 29.8 Å². The van der Waals surface area contributed by atoms with E-state index in [4.69, 9.17) is 17.3 Å². The topological polar surface area (TPSA) is 105 Å². The third-order valence-electron chi connectivity index (χ3n) is 4.52. The van der Waals surface area contributed by atoms with Crippen molar-refractivity contribution in [3.05, 3.63) is 59.1 Å². The molecule has 1 aliphatic heterocycles. The smallest absolute Gasteiger partial charge is 0.312 e. The Bertz CT molecular complexity index is 885. The third-order valence-corrected chi connectivity index (χ3v) is 4.87. The van der Waals surface area contributed by atoms with Crippen molar-refractivity contribution < 1.29 is 14.4 Å². The van der Waals surface area contributed by atoms with Crippen molar-refractivity contribution in [2.75, 3.05) is 16.8 Å². The normalized spacial score (nSPS) is 14.6. The Hall–Kier alpha value is -3.06. The first kappa shape index (κ1) is 19.7. The molecule has 1 heterocycles. The molecular weight excluding hydrogens is 380 g/mol. The van der Waals surface area contributed by atoms with Crippen LogP contribution in [-0.2, 0) is 9.59 Å². The summed E-state index contributed by atoms with van der Waals surface area (Å²) in [6.45, 7) is 0.711. The molecule has 0 aliphatic carbocycles. The number of hydrogen-bond acceptors (Lipinski definition) is 3. The molecular formula is C20H21ClN4O3. The van der Waals surface area contributed by atoms with Crippen molar-refractivity contribution >= 4 is 40.8 Å². The van der Waals surface area contributed by atoms with Gasteiger partial charge in [0.15, 0.2) is 0 Å². The Morgan fingerprint density at radius 2 is 1.86 bits per heavy atom. The molecule has 0 bridgehead atoms. The number of urea groups is 1. The molecule has 1 unspecified atom stereocenters. The van der Waals surface area contributed by atoms with E-state index in [-0.39, 0.29) is 18.2 Å². The highest BCUT2D eigenvalue weighted by molar-refractivity contribution is 6.31. The number of nitrogens with one attached hydrogen (secondary N) is 2. The summed E-state index contributed by atoms with van der Waals surface area (Å²) in [5.41, 5.74) is 7.26. The predicted molar refractivity (Wildman–Crippen MR) is 108 cm³/mol. The van der Waals surface area contributed by atoms with E-state index in [2.05, 4.69) is 10.6 Å². The van der Waals surface area contributed by atoms with Gasteiger partial charge < -0.3 is 21.3 Å². The number of anilines is 2. The number of primary amides is 1. The van der Waals surface area contributed by atoms with Crippen molar-refractivity contribution in [3.8, 4) is 0 Å². The summed E-state index contributed by atoms with van der Waals surface area (Å²) in [5, 5.41) is 5.78. The molecule has 4 amide bonds. The molecule has 28 heavy (non-hydrogen) atoms. The van der Waals surface area contributed by atoms with Crippen molar-refractivity contribution in [3.63, 3.8) is 0 Å². The zero-order valence-corrected chi connectivity index (χ0v) is 15.9. The molecule has 4 N–H and O–H groups in total. The number of halogens is 1. The Kier molecular flexibility index (Phi) is 6.16. The molecule has 0 spiro atoms. The summed E-state index contributed by atoms with van der Waals surface area (Å²) in [4.78, 5) is 37.3. The zero-order chi connectivity index (χ0) is 20.1. The van der Waals surface area contributed by atoms with Gasteiger partial charge in [0, 0.05) is 29.4 Å². The molecule has 2 aromatic rings. The first-order valence-corrected chi connectivity index (χ1v) is 9.32. The van der Waals surface area contributed by atoms with E-state index in [1.165, 1.54) is 0 Å². The first-order chi connectivity index (χ1) is 13.4. The van der Waals surface area contributed by atoms with Crippen molar-refractivity contribution in [2.45, 2.75) is 25.3 Å². The molecule has 1 atom stereocenters. The van der Waals surface area contributed by atoms with E-state index < -0.39 is 12.1 Å². The van der Waals surface area contributed by atoms with Crippen LogP contribution < -0.4 is 21.3 Å². The van der Waals surface area contributed by atoms with Gasteiger partial charge in [-0.25, -0.2) is 4.79 Å². The minimum absolute atomic E-state index is 0.0287. The summed E-state index contributed by atoms with van der Waals surface area (Å²) in [6, 6.07) is 12.6. The van der Waals surface area contributed by atoms with Crippen LogP contribution in [0.1, 0.15) is 30.9 Å². The fourth-order valence-electron chi connectivity index (χ4n) is 3.21. The van der Waals surface area contributed by atoms with Crippen molar-refractivity contribution in [2.24, 2.45) is 5.73 Å². The second-order valence-electron chi connectivity index (χ2n) is 6.53. The molecule has 146 valence electrons. The number of benzene rings is 2. The molecule has 0 saturated carbocycles. The van der Waals surface area contributed by atoms with Gasteiger partial charge >= 0.3 is 6.03 Å². The maximum absolute atomic E-state index is 12.5. The number of rotatable bonds is 6. The van der Waals surface area contributed by atoms with Gasteiger partial charge in [-0.3, -0.25) is 9.59 Å². The summed E-state index contributed by atoms with van der Waals surface area (Å²) in [7, 11) is 0. The lowest BCUT2D eigenvalue weighted by molar-refractivity contribution is -0.117. The molecule has 0 aromatic heterocycles. The van der Waals surface area contributed by atoms with Crippen LogP contribution in [-0.4, -0.2) is 24.4 Å². The van der Waals surface area contributed by atoms with Gasteiger partial charge in [-0.2, -0.15) is 0 Å². The Morgan fingerprint density at radius 1 is 1.14 bits per heavy atom. The molecule has 2 aromatic carbocycles. The minimum Gasteiger partial charge on any atom is -0.352 e. The molecule has 1 fully saturated rings. The highest BCUT2D eigenvalue weighted by Gasteiger charge is 2.22. The van der Waals surface area contributed by atoms with E-state index >= 15 is 0 Å². The van der Waals surface area contributed by atoms with Gasteiger partial charge in [-0.15, -0.1) is 0 Å². The second-order valence-corrected chi connectivity index (χ2v) is 6.94. The van der Waals surface area contributed by atoms with E-state index in [0.29, 0.717) is 29.2 Å². The molecule has 0 radical (unpaired) electrons. The first-order valence-electron chi connectivity index (χ1n) is 8.94. The maximum Gasteiger partial charge on any atom is 0.312 e. The summed E-state index contributed by atoms with van der Waals surface area (Å²) >= 11 is 6.18. The van der Waals surface area contributed by atoms with Crippen LogP contribution >= 0.6 is 11.6 Å². The quantitative estimate of drug-likeness (QED) is 0.693. The lowest BCUT2D eigenvalue weighted by Gasteiger charge is -2.19. The molecule has 3 rings (SSSR count). The van der Waals surface area contributed by atoms with Crippen molar-refractivity contribution in [1.82, 2.24) is 5.32 Å². The number of carbonyl (C=O) groups is 3. The number of amides is 4. The molecule has 1 aliphatic rings. The van der Waals surface area contributed by atoms with E-state index in [1.807, 2.05) is 0 Å². The maximum atomic E-state index is 12.5. The second kappa shape index (κ2) is 8.75. The largest absolute Gasteiger partial charge is 0.352 e.